The summed E-state index contributed by atoms with van der Waals surface area (Å²) in [5.41, 5.74) is 9.09. The largest absolute Gasteiger partial charge is 0.328 e. The highest BCUT2D eigenvalue weighted by Crippen LogP contribution is 2.08. The lowest BCUT2D eigenvalue weighted by Crippen LogP contribution is -2.19. The molecule has 2 aromatic rings. The molecule has 3 heteroatoms. The minimum Gasteiger partial charge on any atom is -0.328 e. The molecule has 2 N–H and O–H groups in total. The Bertz CT molecular complexity index is 506. The Morgan fingerprint density at radius 1 is 1.17 bits per heavy atom. The van der Waals surface area contributed by atoms with E-state index < -0.39 is 0 Å². The van der Waals surface area contributed by atoms with E-state index in [1.165, 1.54) is 5.56 Å². The molecule has 1 heterocycles. The fraction of sp³-hybridized carbons (Fsp3) is 0.333. The Balaban J connectivity index is 2.20. The van der Waals surface area contributed by atoms with Crippen molar-refractivity contribution in [3.05, 3.63) is 59.2 Å². The van der Waals surface area contributed by atoms with Crippen LogP contribution in [0.1, 0.15) is 29.7 Å². The summed E-state index contributed by atoms with van der Waals surface area (Å²) in [7, 11) is 0. The molecule has 0 aliphatic carbocycles. The van der Waals surface area contributed by atoms with Crippen molar-refractivity contribution in [3.8, 4) is 0 Å². The summed E-state index contributed by atoms with van der Waals surface area (Å²) < 4.78 is 0. The van der Waals surface area contributed by atoms with Crippen LogP contribution >= 0.6 is 0 Å². The first-order valence-corrected chi connectivity index (χ1v) is 6.26. The molecule has 0 saturated heterocycles. The van der Waals surface area contributed by atoms with E-state index in [0.717, 1.165) is 30.1 Å². The molecule has 0 aliphatic rings. The molecule has 0 aliphatic heterocycles. The monoisotopic (exact) mass is 241 g/mol. The topological polar surface area (TPSA) is 51.8 Å². The van der Waals surface area contributed by atoms with Crippen LogP contribution in [-0.4, -0.2) is 16.0 Å². The summed E-state index contributed by atoms with van der Waals surface area (Å²) in [4.78, 5) is 9.06. The molecule has 0 spiro atoms. The van der Waals surface area contributed by atoms with Gasteiger partial charge in [-0.15, -0.1) is 0 Å². The second-order valence-electron chi connectivity index (χ2n) is 4.76. The molecule has 94 valence electrons. The molecule has 0 bridgehead atoms. The van der Waals surface area contributed by atoms with Gasteiger partial charge in [-0.1, -0.05) is 30.3 Å². The van der Waals surface area contributed by atoms with Crippen LogP contribution in [0.15, 0.2) is 36.4 Å². The SMILES string of the molecule is Cc1cc(CC(C)N)nc(Cc2ccccc2)n1. The number of hydrogen-bond acceptors (Lipinski definition) is 3. The summed E-state index contributed by atoms with van der Waals surface area (Å²) in [5, 5.41) is 0. The molecular weight excluding hydrogens is 222 g/mol. The van der Waals surface area contributed by atoms with Crippen molar-refractivity contribution in [2.75, 3.05) is 0 Å². The van der Waals surface area contributed by atoms with Gasteiger partial charge in [0.25, 0.3) is 0 Å². The lowest BCUT2D eigenvalue weighted by molar-refractivity contribution is 0.711. The summed E-state index contributed by atoms with van der Waals surface area (Å²) in [5.74, 6) is 0.872. The predicted molar refractivity (Wildman–Crippen MR) is 73.4 cm³/mol. The van der Waals surface area contributed by atoms with Gasteiger partial charge in [0.2, 0.25) is 0 Å². The van der Waals surface area contributed by atoms with Gasteiger partial charge in [-0.2, -0.15) is 0 Å². The number of nitrogens with two attached hydrogens (primary N) is 1. The lowest BCUT2D eigenvalue weighted by Gasteiger charge is -2.08. The van der Waals surface area contributed by atoms with Crippen LogP contribution in [0.4, 0.5) is 0 Å². The van der Waals surface area contributed by atoms with Crippen molar-refractivity contribution in [2.24, 2.45) is 5.73 Å². The minimum atomic E-state index is 0.129. The quantitative estimate of drug-likeness (QED) is 0.893. The van der Waals surface area contributed by atoms with Gasteiger partial charge in [0.1, 0.15) is 5.82 Å². The Kier molecular flexibility index (Phi) is 4.05. The Morgan fingerprint density at radius 3 is 2.56 bits per heavy atom. The van der Waals surface area contributed by atoms with Gasteiger partial charge in [-0.25, -0.2) is 9.97 Å². The van der Waals surface area contributed by atoms with Crippen molar-refractivity contribution < 1.29 is 0 Å². The minimum absolute atomic E-state index is 0.129. The average Bonchev–Trinajstić information content (AvgIpc) is 2.28. The molecule has 0 saturated carbocycles. The number of aryl methyl sites for hydroxylation is 1. The third-order valence-electron chi connectivity index (χ3n) is 2.69. The maximum atomic E-state index is 5.82. The molecule has 3 nitrogen and oxygen atoms in total. The van der Waals surface area contributed by atoms with Crippen LogP contribution < -0.4 is 5.73 Å². The molecule has 1 aromatic heterocycles. The zero-order chi connectivity index (χ0) is 13.0. The van der Waals surface area contributed by atoms with E-state index in [0.29, 0.717) is 0 Å². The van der Waals surface area contributed by atoms with Gasteiger partial charge in [0.15, 0.2) is 0 Å². The summed E-state index contributed by atoms with van der Waals surface area (Å²) in [6, 6.07) is 12.4. The van der Waals surface area contributed by atoms with E-state index >= 15 is 0 Å². The molecule has 18 heavy (non-hydrogen) atoms. The van der Waals surface area contributed by atoms with Crippen LogP contribution in [0, 0.1) is 6.92 Å². The van der Waals surface area contributed by atoms with E-state index in [-0.39, 0.29) is 6.04 Å². The first kappa shape index (κ1) is 12.7. The second kappa shape index (κ2) is 5.74. The van der Waals surface area contributed by atoms with E-state index in [9.17, 15) is 0 Å². The summed E-state index contributed by atoms with van der Waals surface area (Å²) in [6.45, 7) is 4.00. The molecule has 1 unspecified atom stereocenters. The first-order chi connectivity index (χ1) is 8.63. The van der Waals surface area contributed by atoms with E-state index in [1.54, 1.807) is 0 Å². The maximum Gasteiger partial charge on any atom is 0.133 e. The van der Waals surface area contributed by atoms with Crippen LogP contribution in [0.25, 0.3) is 0 Å². The zero-order valence-electron chi connectivity index (χ0n) is 10.9. The number of rotatable bonds is 4. The summed E-state index contributed by atoms with van der Waals surface area (Å²) in [6.07, 6.45) is 1.57. The molecule has 0 radical (unpaired) electrons. The third-order valence-corrected chi connectivity index (χ3v) is 2.69. The highest BCUT2D eigenvalue weighted by Gasteiger charge is 2.05. The molecule has 1 aromatic carbocycles. The van der Waals surface area contributed by atoms with Crippen molar-refractivity contribution in [1.29, 1.82) is 0 Å². The van der Waals surface area contributed by atoms with Crippen LogP contribution in [-0.2, 0) is 12.8 Å². The van der Waals surface area contributed by atoms with Crippen molar-refractivity contribution in [2.45, 2.75) is 32.7 Å². The normalized spacial score (nSPS) is 12.4. The van der Waals surface area contributed by atoms with Crippen LogP contribution in [0.2, 0.25) is 0 Å². The van der Waals surface area contributed by atoms with Crippen molar-refractivity contribution >= 4 is 0 Å². The first-order valence-electron chi connectivity index (χ1n) is 6.26. The maximum absolute atomic E-state index is 5.82. The molecule has 1 atom stereocenters. The van der Waals surface area contributed by atoms with Crippen molar-refractivity contribution in [3.63, 3.8) is 0 Å². The molecule has 0 fully saturated rings. The van der Waals surface area contributed by atoms with E-state index in [2.05, 4.69) is 22.1 Å². The van der Waals surface area contributed by atoms with Gasteiger partial charge >= 0.3 is 0 Å². The number of nitrogens with zero attached hydrogens (tertiary/aromatic N) is 2. The number of benzene rings is 1. The van der Waals surface area contributed by atoms with Crippen molar-refractivity contribution in [1.82, 2.24) is 9.97 Å². The van der Waals surface area contributed by atoms with Gasteiger partial charge in [0, 0.05) is 30.3 Å². The Labute approximate surface area is 108 Å². The van der Waals surface area contributed by atoms with Crippen LogP contribution in [0.3, 0.4) is 0 Å². The second-order valence-corrected chi connectivity index (χ2v) is 4.76. The lowest BCUT2D eigenvalue weighted by atomic mass is 10.1. The smallest absolute Gasteiger partial charge is 0.133 e. The predicted octanol–water partition coefficient (Wildman–Crippen LogP) is 2.27. The fourth-order valence-corrected chi connectivity index (χ4v) is 1.99. The number of hydrogen-bond donors (Lipinski definition) is 1. The van der Waals surface area contributed by atoms with Gasteiger partial charge in [-0.05, 0) is 25.5 Å². The average molecular weight is 241 g/mol. The highest BCUT2D eigenvalue weighted by atomic mass is 14.9. The Morgan fingerprint density at radius 2 is 1.89 bits per heavy atom. The third kappa shape index (κ3) is 3.64. The molecular formula is C15H19N3. The molecule has 0 amide bonds. The fourth-order valence-electron chi connectivity index (χ4n) is 1.99. The summed E-state index contributed by atoms with van der Waals surface area (Å²) >= 11 is 0. The zero-order valence-corrected chi connectivity index (χ0v) is 10.9. The molecule has 2 rings (SSSR count). The number of aromatic nitrogens is 2. The highest BCUT2D eigenvalue weighted by molar-refractivity contribution is 5.20. The van der Waals surface area contributed by atoms with E-state index in [4.69, 9.17) is 5.73 Å². The van der Waals surface area contributed by atoms with Gasteiger partial charge < -0.3 is 5.73 Å². The van der Waals surface area contributed by atoms with Gasteiger partial charge in [0.05, 0.1) is 0 Å². The Hall–Kier alpha value is -1.74. The van der Waals surface area contributed by atoms with Gasteiger partial charge in [-0.3, -0.25) is 0 Å². The standard InChI is InChI=1S/C15H19N3/c1-11(16)8-14-9-12(2)17-15(18-14)10-13-6-4-3-5-7-13/h3-7,9,11H,8,10,16H2,1-2H3. The van der Waals surface area contributed by atoms with E-state index in [1.807, 2.05) is 38.1 Å². The van der Waals surface area contributed by atoms with Crippen LogP contribution in [0.5, 0.6) is 0 Å².